The Morgan fingerprint density at radius 2 is 1.68 bits per heavy atom. The third-order valence-electron chi connectivity index (χ3n) is 3.40. The highest BCUT2D eigenvalue weighted by atomic mass is 16.5. The average molecular weight is 343 g/mol. The van der Waals surface area contributed by atoms with Crippen LogP contribution in [0.25, 0.3) is 0 Å². The van der Waals surface area contributed by atoms with Crippen LogP contribution < -0.4 is 14.8 Å². The summed E-state index contributed by atoms with van der Waals surface area (Å²) in [5.41, 5.74) is 1.71. The van der Waals surface area contributed by atoms with Gasteiger partial charge in [-0.25, -0.2) is 4.79 Å². The van der Waals surface area contributed by atoms with Gasteiger partial charge in [0.25, 0.3) is 5.91 Å². The van der Waals surface area contributed by atoms with Crippen molar-refractivity contribution in [1.82, 2.24) is 0 Å². The summed E-state index contributed by atoms with van der Waals surface area (Å²) in [4.78, 5) is 22.5. The molecule has 0 heterocycles. The number of anilines is 1. The maximum Gasteiger partial charge on any atom is 0.341 e. The summed E-state index contributed by atoms with van der Waals surface area (Å²) >= 11 is 0. The maximum atomic E-state index is 12.0. The molecule has 2 rings (SSSR count). The van der Waals surface area contributed by atoms with E-state index >= 15 is 0 Å². The Kier molecular flexibility index (Phi) is 6.39. The van der Waals surface area contributed by atoms with Gasteiger partial charge in [-0.05, 0) is 35.7 Å². The second-order valence-corrected chi connectivity index (χ2v) is 5.77. The van der Waals surface area contributed by atoms with E-state index in [9.17, 15) is 9.59 Å². The number of hydrogen-bond donors (Lipinski definition) is 2. The third-order valence-corrected chi connectivity index (χ3v) is 3.40. The van der Waals surface area contributed by atoms with E-state index in [2.05, 4.69) is 19.2 Å². The first-order valence-corrected chi connectivity index (χ1v) is 7.91. The number of amides is 1. The molecule has 6 heteroatoms. The normalized spacial score (nSPS) is 10.4. The summed E-state index contributed by atoms with van der Waals surface area (Å²) in [5.74, 6) is 0.0473. The van der Waals surface area contributed by atoms with E-state index in [1.165, 1.54) is 5.56 Å². The van der Waals surface area contributed by atoms with Crippen LogP contribution in [0.1, 0.15) is 25.3 Å². The van der Waals surface area contributed by atoms with Crippen molar-refractivity contribution in [2.24, 2.45) is 0 Å². The van der Waals surface area contributed by atoms with Crippen molar-refractivity contribution in [3.05, 3.63) is 54.1 Å². The largest absolute Gasteiger partial charge is 0.484 e. The third kappa shape index (κ3) is 6.18. The average Bonchev–Trinajstić information content (AvgIpc) is 2.59. The molecule has 6 nitrogen and oxygen atoms in total. The number of carboxylic acid groups (broad SMARTS) is 1. The number of benzene rings is 2. The van der Waals surface area contributed by atoms with E-state index < -0.39 is 12.6 Å². The first kappa shape index (κ1) is 18.3. The van der Waals surface area contributed by atoms with Gasteiger partial charge < -0.3 is 19.9 Å². The van der Waals surface area contributed by atoms with Crippen molar-refractivity contribution in [1.29, 1.82) is 0 Å². The van der Waals surface area contributed by atoms with Crippen LogP contribution in [-0.4, -0.2) is 30.2 Å². The van der Waals surface area contributed by atoms with Crippen LogP contribution in [0.15, 0.2) is 48.5 Å². The van der Waals surface area contributed by atoms with Crippen molar-refractivity contribution in [2.75, 3.05) is 18.5 Å². The summed E-state index contributed by atoms with van der Waals surface area (Å²) in [6, 6.07) is 14.1. The van der Waals surface area contributed by atoms with Gasteiger partial charge in [-0.3, -0.25) is 4.79 Å². The second-order valence-electron chi connectivity index (χ2n) is 5.77. The topological polar surface area (TPSA) is 84.9 Å². The van der Waals surface area contributed by atoms with Gasteiger partial charge in [0, 0.05) is 11.8 Å². The van der Waals surface area contributed by atoms with Crippen LogP contribution in [0.2, 0.25) is 0 Å². The Morgan fingerprint density at radius 1 is 1.00 bits per heavy atom. The predicted octanol–water partition coefficient (Wildman–Crippen LogP) is 3.29. The maximum absolute atomic E-state index is 12.0. The minimum absolute atomic E-state index is 0.124. The van der Waals surface area contributed by atoms with E-state index in [0.29, 0.717) is 23.1 Å². The molecule has 0 unspecified atom stereocenters. The fourth-order valence-electron chi connectivity index (χ4n) is 2.10. The summed E-state index contributed by atoms with van der Waals surface area (Å²) in [6.45, 7) is 3.66. The van der Waals surface area contributed by atoms with Gasteiger partial charge in [0.2, 0.25) is 0 Å². The first-order chi connectivity index (χ1) is 11.9. The Balaban J connectivity index is 1.85. The lowest BCUT2D eigenvalue weighted by molar-refractivity contribution is -0.139. The predicted molar refractivity (Wildman–Crippen MR) is 94.2 cm³/mol. The summed E-state index contributed by atoms with van der Waals surface area (Å²) in [5, 5.41) is 11.3. The quantitative estimate of drug-likeness (QED) is 0.768. The minimum atomic E-state index is -1.06. The summed E-state index contributed by atoms with van der Waals surface area (Å²) in [6.07, 6.45) is 0. The molecule has 1 amide bonds. The number of carbonyl (C=O) groups excluding carboxylic acids is 1. The van der Waals surface area contributed by atoms with E-state index in [1.54, 1.807) is 24.3 Å². The molecule has 0 radical (unpaired) electrons. The van der Waals surface area contributed by atoms with Crippen LogP contribution in [0.4, 0.5) is 5.69 Å². The molecule has 2 aromatic carbocycles. The lowest BCUT2D eigenvalue weighted by atomic mass is 10.0. The molecular formula is C19H21NO5. The van der Waals surface area contributed by atoms with Crippen LogP contribution in [-0.2, 0) is 9.59 Å². The van der Waals surface area contributed by atoms with Crippen molar-refractivity contribution in [2.45, 2.75) is 19.8 Å². The number of carboxylic acids is 1. The van der Waals surface area contributed by atoms with E-state index in [-0.39, 0.29) is 12.5 Å². The van der Waals surface area contributed by atoms with Gasteiger partial charge in [0.15, 0.2) is 13.2 Å². The number of ether oxygens (including phenoxy) is 2. The van der Waals surface area contributed by atoms with E-state index in [1.807, 2.05) is 24.3 Å². The molecule has 0 spiro atoms. The first-order valence-electron chi connectivity index (χ1n) is 7.91. The van der Waals surface area contributed by atoms with Crippen molar-refractivity contribution >= 4 is 17.6 Å². The van der Waals surface area contributed by atoms with Gasteiger partial charge in [-0.2, -0.15) is 0 Å². The van der Waals surface area contributed by atoms with Crippen molar-refractivity contribution < 1.29 is 24.2 Å². The zero-order chi connectivity index (χ0) is 18.2. The molecule has 0 saturated carbocycles. The number of rotatable bonds is 8. The molecule has 25 heavy (non-hydrogen) atoms. The molecule has 0 aromatic heterocycles. The van der Waals surface area contributed by atoms with Gasteiger partial charge >= 0.3 is 5.97 Å². The lowest BCUT2D eigenvalue weighted by Crippen LogP contribution is -2.20. The number of aliphatic carboxylic acids is 1. The molecule has 0 saturated heterocycles. The fourth-order valence-corrected chi connectivity index (χ4v) is 2.10. The molecule has 0 bridgehead atoms. The number of nitrogens with one attached hydrogen (secondary N) is 1. The Hall–Kier alpha value is -3.02. The van der Waals surface area contributed by atoms with Crippen LogP contribution in [0.3, 0.4) is 0 Å². The highest BCUT2D eigenvalue weighted by molar-refractivity contribution is 5.92. The molecule has 0 atom stereocenters. The Bertz CT molecular complexity index is 725. The Labute approximate surface area is 146 Å². The van der Waals surface area contributed by atoms with Crippen molar-refractivity contribution in [3.8, 4) is 11.5 Å². The van der Waals surface area contributed by atoms with Gasteiger partial charge in [-0.1, -0.05) is 32.0 Å². The van der Waals surface area contributed by atoms with Crippen LogP contribution >= 0.6 is 0 Å². The molecular weight excluding hydrogens is 322 g/mol. The van der Waals surface area contributed by atoms with E-state index in [0.717, 1.165) is 0 Å². The minimum Gasteiger partial charge on any atom is -0.484 e. The monoisotopic (exact) mass is 343 g/mol. The lowest BCUT2D eigenvalue weighted by Gasteiger charge is -2.10. The summed E-state index contributed by atoms with van der Waals surface area (Å²) in [7, 11) is 0. The molecule has 0 aliphatic rings. The van der Waals surface area contributed by atoms with Gasteiger partial charge in [0.1, 0.15) is 11.5 Å². The highest BCUT2D eigenvalue weighted by Gasteiger charge is 2.06. The van der Waals surface area contributed by atoms with E-state index in [4.69, 9.17) is 14.6 Å². The van der Waals surface area contributed by atoms with Gasteiger partial charge in [-0.15, -0.1) is 0 Å². The zero-order valence-corrected chi connectivity index (χ0v) is 14.2. The van der Waals surface area contributed by atoms with Crippen LogP contribution in [0, 0.1) is 0 Å². The van der Waals surface area contributed by atoms with Gasteiger partial charge in [0.05, 0.1) is 0 Å². The molecule has 132 valence electrons. The SMILES string of the molecule is CC(C)c1ccc(OCC(=O)Nc2cccc(OCC(=O)O)c2)cc1. The standard InChI is InChI=1S/C19H21NO5/c1-13(2)14-6-8-16(9-7-14)24-11-18(21)20-15-4-3-5-17(10-15)25-12-19(22)23/h3-10,13H,11-12H2,1-2H3,(H,20,21)(H,22,23). The molecule has 2 N–H and O–H groups in total. The molecule has 0 aliphatic heterocycles. The molecule has 0 fully saturated rings. The highest BCUT2D eigenvalue weighted by Crippen LogP contribution is 2.19. The molecule has 0 aliphatic carbocycles. The fraction of sp³-hybridized carbons (Fsp3) is 0.263. The molecule has 2 aromatic rings. The smallest absolute Gasteiger partial charge is 0.341 e. The summed E-state index contributed by atoms with van der Waals surface area (Å²) < 4.78 is 10.5. The zero-order valence-electron chi connectivity index (χ0n) is 14.2. The number of hydrogen-bond acceptors (Lipinski definition) is 4. The number of carbonyl (C=O) groups is 2. The van der Waals surface area contributed by atoms with Crippen LogP contribution in [0.5, 0.6) is 11.5 Å². The second kappa shape index (κ2) is 8.73. The van der Waals surface area contributed by atoms with Crippen molar-refractivity contribution in [3.63, 3.8) is 0 Å². The Morgan fingerprint density at radius 3 is 2.32 bits per heavy atom.